The number of hydrogen-bond donors (Lipinski definition) is 3. The molecule has 174 valence electrons. The molecule has 4 aliphatic rings. The van der Waals surface area contributed by atoms with Gasteiger partial charge in [0.05, 0.1) is 22.4 Å². The van der Waals surface area contributed by atoms with Crippen LogP contribution < -0.4 is 25.6 Å². The van der Waals surface area contributed by atoms with Gasteiger partial charge >= 0.3 is 0 Å². The highest BCUT2D eigenvalue weighted by Gasteiger charge is 2.69. The quantitative estimate of drug-likeness (QED) is 0.577. The van der Waals surface area contributed by atoms with E-state index in [0.29, 0.717) is 24.8 Å². The molecule has 1 atom stereocenters. The third kappa shape index (κ3) is 4.13. The van der Waals surface area contributed by atoms with Gasteiger partial charge in [0.15, 0.2) is 6.61 Å². The summed E-state index contributed by atoms with van der Waals surface area (Å²) in [5, 5.41) is 9.58. The summed E-state index contributed by atoms with van der Waals surface area (Å²) in [7, 11) is 0. The highest BCUT2D eigenvalue weighted by Crippen LogP contribution is 2.60. The highest BCUT2D eigenvalue weighted by molar-refractivity contribution is 6.30. The highest BCUT2D eigenvalue weighted by atomic mass is 35.5. The van der Waals surface area contributed by atoms with E-state index in [1.54, 1.807) is 0 Å². The van der Waals surface area contributed by atoms with E-state index in [4.69, 9.17) is 16.3 Å². The molecule has 1 aliphatic heterocycles. The molecule has 2 aromatic carbocycles. The Labute approximate surface area is 196 Å². The average molecular weight is 473 g/mol. The normalized spacial score (nSPS) is 27.4. The summed E-state index contributed by atoms with van der Waals surface area (Å²) >= 11 is 5.65. The number of benzene rings is 2. The van der Waals surface area contributed by atoms with Crippen molar-refractivity contribution in [1.29, 1.82) is 0 Å². The Morgan fingerprint density at radius 2 is 1.91 bits per heavy atom. The van der Waals surface area contributed by atoms with Gasteiger partial charge in [0, 0.05) is 30.2 Å². The number of halogens is 2. The molecule has 4 fully saturated rings. The molecule has 0 spiro atoms. The predicted octanol–water partition coefficient (Wildman–Crippen LogP) is 2.83. The van der Waals surface area contributed by atoms with E-state index in [-0.39, 0.29) is 46.4 Å². The van der Waals surface area contributed by atoms with E-state index >= 15 is 0 Å². The molecular formula is C24H26ClFN4O3. The van der Waals surface area contributed by atoms with Gasteiger partial charge in [-0.2, -0.15) is 0 Å². The standard InChI is InChI=1S/C24H26ClFN4O3/c1-15-27-8-9-30(15)20-5-3-2-4-17(20)22(32)29-24-12-23(13-24,14-24)28-21(31)11-33-16-6-7-18(25)19(26)10-16/h2-7,10,15,27H,8-9,11-14H2,1H3,(H,28,31)(H,29,32). The summed E-state index contributed by atoms with van der Waals surface area (Å²) in [5.74, 6) is -0.707. The fraction of sp³-hybridized carbons (Fsp3) is 0.417. The van der Waals surface area contributed by atoms with E-state index in [1.807, 2.05) is 24.3 Å². The number of rotatable bonds is 7. The largest absolute Gasteiger partial charge is 0.484 e. The maximum atomic E-state index is 13.5. The molecule has 2 aromatic rings. The minimum absolute atomic E-state index is 0.00208. The minimum atomic E-state index is -0.594. The summed E-state index contributed by atoms with van der Waals surface area (Å²) in [6.07, 6.45) is 2.25. The van der Waals surface area contributed by atoms with Crippen molar-refractivity contribution in [3.05, 3.63) is 58.9 Å². The number of nitrogens with one attached hydrogen (secondary N) is 3. The molecule has 6 rings (SSSR count). The number of carbonyl (C=O) groups excluding carboxylic acids is 2. The van der Waals surface area contributed by atoms with Crippen LogP contribution in [0.3, 0.4) is 0 Å². The average Bonchev–Trinajstić information content (AvgIpc) is 3.17. The van der Waals surface area contributed by atoms with Gasteiger partial charge in [0.1, 0.15) is 11.6 Å². The van der Waals surface area contributed by atoms with Gasteiger partial charge in [-0.25, -0.2) is 4.39 Å². The number of anilines is 1. The van der Waals surface area contributed by atoms with Crippen molar-refractivity contribution in [3.8, 4) is 5.75 Å². The van der Waals surface area contributed by atoms with Crippen molar-refractivity contribution in [1.82, 2.24) is 16.0 Å². The molecular weight excluding hydrogens is 447 g/mol. The fourth-order valence-corrected chi connectivity index (χ4v) is 5.47. The summed E-state index contributed by atoms with van der Waals surface area (Å²) < 4.78 is 18.9. The second kappa shape index (κ2) is 8.18. The number of para-hydroxylation sites is 1. The molecule has 3 saturated carbocycles. The lowest BCUT2D eigenvalue weighted by atomic mass is 9.44. The van der Waals surface area contributed by atoms with Crippen LogP contribution >= 0.6 is 11.6 Å². The van der Waals surface area contributed by atoms with Gasteiger partial charge in [-0.15, -0.1) is 0 Å². The Kier molecular flexibility index (Phi) is 5.45. The summed E-state index contributed by atoms with van der Waals surface area (Å²) in [6.45, 7) is 3.62. The van der Waals surface area contributed by atoms with Crippen molar-refractivity contribution < 1.29 is 18.7 Å². The van der Waals surface area contributed by atoms with Crippen LogP contribution in [0.4, 0.5) is 10.1 Å². The Hall–Kier alpha value is -2.84. The number of nitrogens with zero attached hydrogens (tertiary/aromatic N) is 1. The predicted molar refractivity (Wildman–Crippen MR) is 123 cm³/mol. The van der Waals surface area contributed by atoms with Crippen LogP contribution in [0.2, 0.25) is 5.02 Å². The lowest BCUT2D eigenvalue weighted by Crippen LogP contribution is -2.84. The third-order valence-electron chi connectivity index (χ3n) is 6.79. The number of ether oxygens (including phenoxy) is 1. The number of amides is 2. The fourth-order valence-electron chi connectivity index (χ4n) is 5.35. The molecule has 1 heterocycles. The maximum absolute atomic E-state index is 13.5. The monoisotopic (exact) mass is 472 g/mol. The van der Waals surface area contributed by atoms with Crippen molar-refractivity contribution >= 4 is 29.1 Å². The molecule has 7 nitrogen and oxygen atoms in total. The third-order valence-corrected chi connectivity index (χ3v) is 7.10. The van der Waals surface area contributed by atoms with E-state index in [9.17, 15) is 14.0 Å². The molecule has 2 bridgehead atoms. The number of carbonyl (C=O) groups is 2. The number of hydrogen-bond acceptors (Lipinski definition) is 5. The van der Waals surface area contributed by atoms with Gasteiger partial charge in [0.25, 0.3) is 11.8 Å². The summed E-state index contributed by atoms with van der Waals surface area (Å²) in [5.41, 5.74) is 1.02. The lowest BCUT2D eigenvalue weighted by Gasteiger charge is -2.70. The Bertz CT molecular complexity index is 1090. The Balaban J connectivity index is 1.13. The molecule has 3 N–H and O–H groups in total. The molecule has 9 heteroatoms. The molecule has 1 unspecified atom stereocenters. The second-order valence-corrected chi connectivity index (χ2v) is 9.71. The smallest absolute Gasteiger partial charge is 0.258 e. The molecule has 1 saturated heterocycles. The van der Waals surface area contributed by atoms with Crippen LogP contribution in [-0.4, -0.2) is 48.8 Å². The van der Waals surface area contributed by atoms with Gasteiger partial charge < -0.3 is 20.3 Å². The topological polar surface area (TPSA) is 82.7 Å². The first-order valence-electron chi connectivity index (χ1n) is 11.1. The van der Waals surface area contributed by atoms with Crippen molar-refractivity contribution in [2.45, 2.75) is 43.4 Å². The first-order chi connectivity index (χ1) is 15.8. The van der Waals surface area contributed by atoms with E-state index < -0.39 is 5.82 Å². The van der Waals surface area contributed by atoms with E-state index in [1.165, 1.54) is 12.1 Å². The van der Waals surface area contributed by atoms with Crippen LogP contribution in [0.5, 0.6) is 5.75 Å². The SMILES string of the molecule is CC1NCCN1c1ccccc1C(=O)NC12CC(NC(=O)COc3ccc(Cl)c(F)c3)(C1)C2. The second-order valence-electron chi connectivity index (χ2n) is 9.30. The molecule has 3 aliphatic carbocycles. The minimum Gasteiger partial charge on any atom is -0.484 e. The van der Waals surface area contributed by atoms with Crippen LogP contribution in [-0.2, 0) is 4.79 Å². The zero-order chi connectivity index (χ0) is 23.2. The molecule has 2 amide bonds. The van der Waals surface area contributed by atoms with E-state index in [2.05, 4.69) is 27.8 Å². The lowest BCUT2D eigenvalue weighted by molar-refractivity contribution is -0.141. The van der Waals surface area contributed by atoms with E-state index in [0.717, 1.165) is 24.8 Å². The van der Waals surface area contributed by atoms with Gasteiger partial charge in [-0.3, -0.25) is 14.9 Å². The summed E-state index contributed by atoms with van der Waals surface area (Å²) in [6, 6.07) is 11.7. The Morgan fingerprint density at radius 3 is 2.61 bits per heavy atom. The van der Waals surface area contributed by atoms with Crippen molar-refractivity contribution in [2.24, 2.45) is 0 Å². The summed E-state index contributed by atoms with van der Waals surface area (Å²) in [4.78, 5) is 27.6. The molecule has 0 radical (unpaired) electrons. The first-order valence-corrected chi connectivity index (χ1v) is 11.5. The van der Waals surface area contributed by atoms with Gasteiger partial charge in [0.2, 0.25) is 0 Å². The van der Waals surface area contributed by atoms with Gasteiger partial charge in [-0.1, -0.05) is 23.7 Å². The zero-order valence-electron chi connectivity index (χ0n) is 18.3. The maximum Gasteiger partial charge on any atom is 0.258 e. The van der Waals surface area contributed by atoms with Crippen molar-refractivity contribution in [2.75, 3.05) is 24.6 Å². The molecule has 33 heavy (non-hydrogen) atoms. The van der Waals surface area contributed by atoms with Gasteiger partial charge in [-0.05, 0) is 50.5 Å². The van der Waals surface area contributed by atoms with Crippen molar-refractivity contribution in [3.63, 3.8) is 0 Å². The zero-order valence-corrected chi connectivity index (χ0v) is 19.0. The molecule has 0 aromatic heterocycles. The first kappa shape index (κ1) is 22.0. The Morgan fingerprint density at radius 1 is 1.18 bits per heavy atom. The van der Waals surface area contributed by atoms with Crippen LogP contribution in [0.15, 0.2) is 42.5 Å². The van der Waals surface area contributed by atoms with Crippen LogP contribution in [0.25, 0.3) is 0 Å². The van der Waals surface area contributed by atoms with Crippen LogP contribution in [0.1, 0.15) is 36.5 Å². The van der Waals surface area contributed by atoms with Crippen LogP contribution in [0, 0.1) is 5.82 Å².